The average Bonchev–Trinajstić information content (AvgIpc) is 2.62. The molecule has 0 aromatic heterocycles. The van der Waals surface area contributed by atoms with E-state index in [2.05, 4.69) is 5.32 Å². The number of hydrogen-bond donors (Lipinski definition) is 2. The number of sulfonamides is 1. The number of thioether (sulfide) groups is 2. The van der Waals surface area contributed by atoms with Crippen LogP contribution in [-0.2, 0) is 10.0 Å². The number of nitrogens with one attached hydrogen (secondary N) is 1. The Morgan fingerprint density at radius 1 is 1.00 bits per heavy atom. The molecule has 0 radical (unpaired) electrons. The summed E-state index contributed by atoms with van der Waals surface area (Å²) in [6.45, 7) is 0. The molecule has 8 heteroatoms. The lowest BCUT2D eigenvalue weighted by atomic mass is 10.1. The van der Waals surface area contributed by atoms with Gasteiger partial charge in [-0.15, -0.1) is 23.5 Å². The van der Waals surface area contributed by atoms with Crippen molar-refractivity contribution in [1.29, 1.82) is 0 Å². The predicted molar refractivity (Wildman–Crippen MR) is 104 cm³/mol. The molecule has 3 rings (SSSR count). The first-order valence-corrected chi connectivity index (χ1v) is 11.4. The van der Waals surface area contributed by atoms with Crippen molar-refractivity contribution in [2.24, 2.45) is 5.14 Å². The van der Waals surface area contributed by atoms with Crippen molar-refractivity contribution < 1.29 is 13.2 Å². The lowest BCUT2D eigenvalue weighted by Gasteiger charge is -2.21. The number of nitrogens with two attached hydrogens (primary N) is 1. The molecule has 0 aliphatic carbocycles. The Morgan fingerprint density at radius 3 is 2.16 bits per heavy atom. The molecule has 0 spiro atoms. The molecule has 3 N–H and O–H groups in total. The van der Waals surface area contributed by atoms with Gasteiger partial charge < -0.3 is 5.32 Å². The second-order valence-electron chi connectivity index (χ2n) is 5.57. The van der Waals surface area contributed by atoms with E-state index in [0.29, 0.717) is 15.8 Å². The number of amides is 1. The molecule has 0 unspecified atom stereocenters. The van der Waals surface area contributed by atoms with Crippen LogP contribution in [0.25, 0.3) is 0 Å². The molecule has 1 aliphatic rings. The third-order valence-corrected chi connectivity index (χ3v) is 7.66. The normalized spacial score (nSPS) is 15.7. The molecule has 0 bridgehead atoms. The van der Waals surface area contributed by atoms with Gasteiger partial charge in [-0.2, -0.15) is 0 Å². The molecule has 2 aromatic carbocycles. The summed E-state index contributed by atoms with van der Waals surface area (Å²) >= 11 is 3.88. The molecule has 1 aliphatic heterocycles. The fraction of sp³-hybridized carbons (Fsp3) is 0.235. The smallest absolute Gasteiger partial charge is 0.255 e. The molecule has 1 heterocycles. The summed E-state index contributed by atoms with van der Waals surface area (Å²) in [5.74, 6) is 2.11. The van der Waals surface area contributed by atoms with Crippen LogP contribution in [0.5, 0.6) is 0 Å². The molecular formula is C17H18N2O3S3. The van der Waals surface area contributed by atoms with E-state index in [1.807, 2.05) is 47.8 Å². The Bertz CT molecular complexity index is 844. The first-order valence-electron chi connectivity index (χ1n) is 7.71. The largest absolute Gasteiger partial charge is 0.322 e. The van der Waals surface area contributed by atoms with E-state index in [9.17, 15) is 13.2 Å². The minimum atomic E-state index is -3.73. The maximum absolute atomic E-state index is 12.3. The molecule has 25 heavy (non-hydrogen) atoms. The molecule has 1 fully saturated rings. The molecule has 132 valence electrons. The lowest BCUT2D eigenvalue weighted by Crippen LogP contribution is -2.14. The molecule has 1 amide bonds. The fourth-order valence-electron chi connectivity index (χ4n) is 2.40. The highest BCUT2D eigenvalue weighted by atomic mass is 32.2. The van der Waals surface area contributed by atoms with E-state index in [-0.39, 0.29) is 10.8 Å². The molecular weight excluding hydrogens is 376 g/mol. The third kappa shape index (κ3) is 4.78. The summed E-state index contributed by atoms with van der Waals surface area (Å²) in [7, 11) is -3.73. The van der Waals surface area contributed by atoms with Crippen LogP contribution in [0.1, 0.15) is 26.9 Å². The van der Waals surface area contributed by atoms with Crippen molar-refractivity contribution in [2.45, 2.75) is 15.9 Å². The summed E-state index contributed by atoms with van der Waals surface area (Å²) in [6, 6.07) is 13.4. The van der Waals surface area contributed by atoms with E-state index < -0.39 is 10.0 Å². The van der Waals surface area contributed by atoms with Gasteiger partial charge in [-0.05, 0) is 59.9 Å². The number of primary sulfonamides is 1. The number of anilines is 1. The van der Waals surface area contributed by atoms with Crippen LogP contribution in [0.4, 0.5) is 5.69 Å². The predicted octanol–water partition coefficient (Wildman–Crippen LogP) is 3.46. The highest BCUT2D eigenvalue weighted by molar-refractivity contribution is 8.16. The maximum Gasteiger partial charge on any atom is 0.255 e. The van der Waals surface area contributed by atoms with Crippen LogP contribution in [-0.4, -0.2) is 25.8 Å². The van der Waals surface area contributed by atoms with E-state index in [1.165, 1.54) is 47.8 Å². The zero-order valence-electron chi connectivity index (χ0n) is 13.3. The van der Waals surface area contributed by atoms with Crippen molar-refractivity contribution in [3.8, 4) is 0 Å². The van der Waals surface area contributed by atoms with Gasteiger partial charge in [-0.3, -0.25) is 4.79 Å². The van der Waals surface area contributed by atoms with Crippen LogP contribution in [0, 0.1) is 0 Å². The average molecular weight is 395 g/mol. The Balaban J connectivity index is 1.66. The Hall–Kier alpha value is -1.48. The van der Waals surface area contributed by atoms with Gasteiger partial charge in [0.25, 0.3) is 5.91 Å². The number of carbonyl (C=O) groups is 1. The Labute approximate surface area is 155 Å². The lowest BCUT2D eigenvalue weighted by molar-refractivity contribution is 0.102. The van der Waals surface area contributed by atoms with Gasteiger partial charge in [0.1, 0.15) is 0 Å². The second-order valence-corrected chi connectivity index (χ2v) is 9.86. The van der Waals surface area contributed by atoms with Crippen LogP contribution >= 0.6 is 23.5 Å². The second kappa shape index (κ2) is 7.82. The van der Waals surface area contributed by atoms with Crippen molar-refractivity contribution in [2.75, 3.05) is 16.8 Å². The molecule has 0 saturated carbocycles. The van der Waals surface area contributed by atoms with Crippen LogP contribution in [0.15, 0.2) is 53.4 Å². The Kier molecular flexibility index (Phi) is 5.73. The van der Waals surface area contributed by atoms with E-state index >= 15 is 0 Å². The van der Waals surface area contributed by atoms with E-state index in [0.717, 1.165) is 0 Å². The van der Waals surface area contributed by atoms with Crippen molar-refractivity contribution in [1.82, 2.24) is 0 Å². The zero-order chi connectivity index (χ0) is 17.9. The minimum Gasteiger partial charge on any atom is -0.322 e. The fourth-order valence-corrected chi connectivity index (χ4v) is 5.81. The number of hydrogen-bond acceptors (Lipinski definition) is 5. The van der Waals surface area contributed by atoms with Gasteiger partial charge in [-0.25, -0.2) is 13.6 Å². The minimum absolute atomic E-state index is 0.0114. The summed E-state index contributed by atoms with van der Waals surface area (Å²) in [6.07, 6.45) is 1.25. The molecule has 0 atom stereocenters. The van der Waals surface area contributed by atoms with Crippen molar-refractivity contribution in [3.05, 3.63) is 59.7 Å². The van der Waals surface area contributed by atoms with Crippen molar-refractivity contribution in [3.63, 3.8) is 0 Å². The molecule has 5 nitrogen and oxygen atoms in total. The first-order chi connectivity index (χ1) is 11.9. The van der Waals surface area contributed by atoms with Crippen molar-refractivity contribution >= 4 is 45.1 Å². The van der Waals surface area contributed by atoms with Gasteiger partial charge in [-0.1, -0.05) is 12.1 Å². The van der Waals surface area contributed by atoms with Gasteiger partial charge >= 0.3 is 0 Å². The highest BCUT2D eigenvalue weighted by Crippen LogP contribution is 2.43. The van der Waals surface area contributed by atoms with Crippen LogP contribution < -0.4 is 10.5 Å². The zero-order valence-corrected chi connectivity index (χ0v) is 15.8. The summed E-state index contributed by atoms with van der Waals surface area (Å²) in [5, 5.41) is 7.81. The van der Waals surface area contributed by atoms with E-state index in [4.69, 9.17) is 5.14 Å². The molecule has 1 saturated heterocycles. The quantitative estimate of drug-likeness (QED) is 0.829. The van der Waals surface area contributed by atoms with Gasteiger partial charge in [0, 0.05) is 11.3 Å². The Morgan fingerprint density at radius 2 is 1.60 bits per heavy atom. The van der Waals surface area contributed by atoms with Crippen LogP contribution in [0.2, 0.25) is 0 Å². The van der Waals surface area contributed by atoms with Crippen LogP contribution in [0.3, 0.4) is 0 Å². The summed E-state index contributed by atoms with van der Waals surface area (Å²) in [4.78, 5) is 12.3. The third-order valence-electron chi connectivity index (χ3n) is 3.71. The monoisotopic (exact) mass is 394 g/mol. The summed E-state index contributed by atoms with van der Waals surface area (Å²) in [5.41, 5.74) is 2.30. The SMILES string of the molecule is NS(=O)(=O)c1ccc(NC(=O)c2ccc(C3SCCCS3)cc2)cc1. The number of rotatable bonds is 4. The first kappa shape index (κ1) is 18.3. The van der Waals surface area contributed by atoms with Gasteiger partial charge in [0.05, 0.1) is 9.48 Å². The number of benzene rings is 2. The maximum atomic E-state index is 12.3. The van der Waals surface area contributed by atoms with E-state index in [1.54, 1.807) is 0 Å². The standard InChI is InChI=1S/C17H18N2O3S3/c18-25(21,22)15-8-6-14(7-9-15)19-16(20)12-2-4-13(5-3-12)17-23-10-1-11-24-17/h2-9,17H,1,10-11H2,(H,19,20)(H2,18,21,22). The molecule has 2 aromatic rings. The summed E-state index contributed by atoms with van der Waals surface area (Å²) < 4.78 is 22.9. The van der Waals surface area contributed by atoms with Gasteiger partial charge in [0.2, 0.25) is 10.0 Å². The topological polar surface area (TPSA) is 89.3 Å². The highest BCUT2D eigenvalue weighted by Gasteiger charge is 2.17. The number of carbonyl (C=O) groups excluding carboxylic acids is 1. The van der Waals surface area contributed by atoms with Gasteiger partial charge in [0.15, 0.2) is 0 Å².